The number of hydrogen-bond donors (Lipinski definition) is 0. The fourth-order valence-corrected chi connectivity index (χ4v) is 3.88. The SMILES string of the molecule is C[C@@H]1CN(C(=O)c2cc(-c3cccn3C)nn2-c2cccc(Cl)c2)C[C@@H](C)O1. The molecule has 1 amide bonds. The predicted octanol–water partition coefficient (Wildman–Crippen LogP) is 3.78. The van der Waals surface area contributed by atoms with Gasteiger partial charge < -0.3 is 14.2 Å². The number of carbonyl (C=O) groups excluding carboxylic acids is 1. The smallest absolute Gasteiger partial charge is 0.272 e. The molecule has 3 heterocycles. The van der Waals surface area contributed by atoms with E-state index in [0.717, 1.165) is 17.1 Å². The van der Waals surface area contributed by atoms with Crippen molar-refractivity contribution in [1.82, 2.24) is 19.2 Å². The van der Waals surface area contributed by atoms with Gasteiger partial charge in [0, 0.05) is 31.4 Å². The number of ether oxygens (including phenoxy) is 1. The van der Waals surface area contributed by atoms with Crippen molar-refractivity contribution in [3.63, 3.8) is 0 Å². The van der Waals surface area contributed by atoms with E-state index in [4.69, 9.17) is 21.4 Å². The minimum absolute atomic E-state index is 0.00239. The number of aryl methyl sites for hydroxylation is 1. The highest BCUT2D eigenvalue weighted by Crippen LogP contribution is 2.25. The highest BCUT2D eigenvalue weighted by Gasteiger charge is 2.29. The van der Waals surface area contributed by atoms with Gasteiger partial charge in [0.2, 0.25) is 0 Å². The third-order valence-corrected chi connectivity index (χ3v) is 5.13. The zero-order chi connectivity index (χ0) is 19.8. The lowest BCUT2D eigenvalue weighted by Gasteiger charge is -2.35. The number of carbonyl (C=O) groups is 1. The molecule has 1 aliphatic heterocycles. The normalized spacial score (nSPS) is 19.8. The van der Waals surface area contributed by atoms with E-state index in [9.17, 15) is 4.79 Å². The molecule has 1 aromatic carbocycles. The third kappa shape index (κ3) is 3.57. The second-order valence-electron chi connectivity index (χ2n) is 7.28. The molecular weight excluding hydrogens is 376 g/mol. The maximum Gasteiger partial charge on any atom is 0.272 e. The maximum atomic E-state index is 13.4. The number of nitrogens with zero attached hydrogens (tertiary/aromatic N) is 4. The number of halogens is 1. The number of rotatable bonds is 3. The first-order chi connectivity index (χ1) is 13.4. The topological polar surface area (TPSA) is 52.3 Å². The fourth-order valence-electron chi connectivity index (χ4n) is 3.70. The van der Waals surface area contributed by atoms with Crippen LogP contribution in [0.2, 0.25) is 5.02 Å². The van der Waals surface area contributed by atoms with Crippen molar-refractivity contribution in [2.24, 2.45) is 7.05 Å². The summed E-state index contributed by atoms with van der Waals surface area (Å²) in [6, 6.07) is 13.2. The lowest BCUT2D eigenvalue weighted by molar-refractivity contribution is -0.0588. The van der Waals surface area contributed by atoms with E-state index in [1.807, 2.05) is 73.0 Å². The Kier molecular flexibility index (Phi) is 5.00. The Morgan fingerprint density at radius 1 is 1.14 bits per heavy atom. The van der Waals surface area contributed by atoms with Crippen molar-refractivity contribution in [3.8, 4) is 17.1 Å². The van der Waals surface area contributed by atoms with Crippen LogP contribution in [0.4, 0.5) is 0 Å². The van der Waals surface area contributed by atoms with Gasteiger partial charge in [-0.05, 0) is 50.2 Å². The van der Waals surface area contributed by atoms with Crippen LogP contribution in [-0.4, -0.2) is 50.5 Å². The van der Waals surface area contributed by atoms with Crippen molar-refractivity contribution in [1.29, 1.82) is 0 Å². The van der Waals surface area contributed by atoms with E-state index >= 15 is 0 Å². The van der Waals surface area contributed by atoms with Crippen molar-refractivity contribution < 1.29 is 9.53 Å². The number of benzene rings is 1. The average Bonchev–Trinajstić information content (AvgIpc) is 3.26. The zero-order valence-corrected chi connectivity index (χ0v) is 16.9. The summed E-state index contributed by atoms with van der Waals surface area (Å²) in [5, 5.41) is 5.33. The molecule has 0 N–H and O–H groups in total. The van der Waals surface area contributed by atoms with Crippen LogP contribution in [0.3, 0.4) is 0 Å². The molecule has 0 radical (unpaired) electrons. The Morgan fingerprint density at radius 2 is 1.89 bits per heavy atom. The van der Waals surface area contributed by atoms with Crippen LogP contribution in [0.1, 0.15) is 24.3 Å². The molecule has 0 bridgehead atoms. The molecule has 146 valence electrons. The summed E-state index contributed by atoms with van der Waals surface area (Å²) >= 11 is 6.19. The fraction of sp³-hybridized carbons (Fsp3) is 0.333. The summed E-state index contributed by atoms with van der Waals surface area (Å²) in [7, 11) is 1.96. The van der Waals surface area contributed by atoms with Gasteiger partial charge in [-0.15, -0.1) is 0 Å². The monoisotopic (exact) mass is 398 g/mol. The second-order valence-corrected chi connectivity index (χ2v) is 7.71. The molecule has 1 aliphatic rings. The second kappa shape index (κ2) is 7.45. The molecule has 1 fully saturated rings. The predicted molar refractivity (Wildman–Crippen MR) is 109 cm³/mol. The van der Waals surface area contributed by atoms with E-state index in [-0.39, 0.29) is 18.1 Å². The van der Waals surface area contributed by atoms with E-state index < -0.39 is 0 Å². The van der Waals surface area contributed by atoms with Crippen LogP contribution in [0.15, 0.2) is 48.7 Å². The minimum atomic E-state index is -0.0602. The van der Waals surface area contributed by atoms with Crippen LogP contribution in [0.5, 0.6) is 0 Å². The highest BCUT2D eigenvalue weighted by atomic mass is 35.5. The number of amides is 1. The molecule has 6 nitrogen and oxygen atoms in total. The molecule has 0 spiro atoms. The molecule has 0 saturated carbocycles. The first kappa shape index (κ1) is 18.8. The van der Waals surface area contributed by atoms with Crippen LogP contribution in [0, 0.1) is 0 Å². The van der Waals surface area contributed by atoms with Gasteiger partial charge in [0.15, 0.2) is 0 Å². The first-order valence-corrected chi connectivity index (χ1v) is 9.72. The van der Waals surface area contributed by atoms with Gasteiger partial charge >= 0.3 is 0 Å². The summed E-state index contributed by atoms with van der Waals surface area (Å²) in [5.74, 6) is -0.0602. The molecule has 0 aliphatic carbocycles. The van der Waals surface area contributed by atoms with Crippen molar-refractivity contribution in [2.75, 3.05) is 13.1 Å². The lowest BCUT2D eigenvalue weighted by Crippen LogP contribution is -2.48. The standard InChI is InChI=1S/C21H23ClN4O2/c1-14-12-25(13-15(2)28-14)21(27)20-11-18(19-8-5-9-24(19)3)23-26(20)17-7-4-6-16(22)10-17/h4-11,14-15H,12-13H2,1-3H3/t14-,15-/m1/s1. The van der Waals surface area contributed by atoms with E-state index in [1.165, 1.54) is 0 Å². The molecule has 1 saturated heterocycles. The molecule has 2 atom stereocenters. The van der Waals surface area contributed by atoms with Crippen molar-refractivity contribution in [3.05, 3.63) is 59.4 Å². The third-order valence-electron chi connectivity index (χ3n) is 4.89. The summed E-state index contributed by atoms with van der Waals surface area (Å²) in [4.78, 5) is 15.2. The molecule has 0 unspecified atom stereocenters. The zero-order valence-electron chi connectivity index (χ0n) is 16.2. The quantitative estimate of drug-likeness (QED) is 0.674. The Bertz CT molecular complexity index is 1000. The van der Waals surface area contributed by atoms with Crippen LogP contribution in [-0.2, 0) is 11.8 Å². The van der Waals surface area contributed by atoms with Crippen LogP contribution in [0.25, 0.3) is 17.1 Å². The maximum absolute atomic E-state index is 13.4. The van der Waals surface area contributed by atoms with Gasteiger partial charge in [0.05, 0.1) is 23.6 Å². The van der Waals surface area contributed by atoms with Gasteiger partial charge in [-0.3, -0.25) is 4.79 Å². The van der Waals surface area contributed by atoms with E-state index in [2.05, 4.69) is 0 Å². The average molecular weight is 399 g/mol. The Morgan fingerprint density at radius 3 is 2.54 bits per heavy atom. The van der Waals surface area contributed by atoms with Crippen molar-refractivity contribution >= 4 is 17.5 Å². The summed E-state index contributed by atoms with van der Waals surface area (Å²) in [6.45, 7) is 5.09. The molecule has 7 heteroatoms. The Labute approximate surface area is 169 Å². The highest BCUT2D eigenvalue weighted by molar-refractivity contribution is 6.30. The van der Waals surface area contributed by atoms with Crippen LogP contribution < -0.4 is 0 Å². The van der Waals surface area contributed by atoms with Gasteiger partial charge in [0.25, 0.3) is 5.91 Å². The molecule has 4 rings (SSSR count). The number of aromatic nitrogens is 3. The van der Waals surface area contributed by atoms with Gasteiger partial charge in [-0.1, -0.05) is 17.7 Å². The molecule has 2 aromatic heterocycles. The molecule has 28 heavy (non-hydrogen) atoms. The number of morpholine rings is 1. The molecular formula is C21H23ClN4O2. The van der Waals surface area contributed by atoms with E-state index in [0.29, 0.717) is 23.8 Å². The first-order valence-electron chi connectivity index (χ1n) is 9.35. The summed E-state index contributed by atoms with van der Waals surface area (Å²) < 4.78 is 9.44. The summed E-state index contributed by atoms with van der Waals surface area (Å²) in [6.07, 6.45) is 1.96. The largest absolute Gasteiger partial charge is 0.372 e. The summed E-state index contributed by atoms with van der Waals surface area (Å²) in [5.41, 5.74) is 2.95. The van der Waals surface area contributed by atoms with Crippen molar-refractivity contribution in [2.45, 2.75) is 26.1 Å². The lowest BCUT2D eigenvalue weighted by atomic mass is 10.2. The van der Waals surface area contributed by atoms with Gasteiger partial charge in [-0.2, -0.15) is 5.10 Å². The van der Waals surface area contributed by atoms with Gasteiger partial charge in [0.1, 0.15) is 11.4 Å². The molecule has 3 aromatic rings. The number of hydrogen-bond acceptors (Lipinski definition) is 3. The minimum Gasteiger partial charge on any atom is -0.372 e. The Hall–Kier alpha value is -2.57. The Balaban J connectivity index is 1.79. The van der Waals surface area contributed by atoms with Gasteiger partial charge in [-0.25, -0.2) is 4.68 Å². The van der Waals surface area contributed by atoms with E-state index in [1.54, 1.807) is 10.7 Å². The van der Waals surface area contributed by atoms with Crippen LogP contribution >= 0.6 is 11.6 Å².